The molecule has 0 atom stereocenters. The monoisotopic (exact) mass is 601 g/mol. The summed E-state index contributed by atoms with van der Waals surface area (Å²) >= 11 is 6.20. The largest absolute Gasteiger partial charge is 0.496 e. The highest BCUT2D eigenvalue weighted by Crippen LogP contribution is 2.36. The Kier molecular flexibility index (Phi) is 13.2. The number of methoxy groups -OCH3 is 1. The molecule has 9 nitrogen and oxygen atoms in total. The van der Waals surface area contributed by atoms with Crippen LogP contribution in [0.3, 0.4) is 0 Å². The molecule has 0 aliphatic heterocycles. The first-order chi connectivity index (χ1) is 19.4. The van der Waals surface area contributed by atoms with E-state index >= 15 is 0 Å². The molecule has 0 aliphatic rings. The summed E-state index contributed by atoms with van der Waals surface area (Å²) in [5.74, 6) is -1.93. The van der Waals surface area contributed by atoms with Gasteiger partial charge in [0.25, 0.3) is 0 Å². The van der Waals surface area contributed by atoms with Gasteiger partial charge in [-0.25, -0.2) is 4.79 Å². The number of carbonyl (C=O) groups is 3. The van der Waals surface area contributed by atoms with Crippen molar-refractivity contribution in [1.29, 1.82) is 0 Å². The van der Waals surface area contributed by atoms with Crippen LogP contribution >= 0.6 is 11.6 Å². The number of alkyl halides is 3. The van der Waals surface area contributed by atoms with Crippen LogP contribution in [0.25, 0.3) is 0 Å². The van der Waals surface area contributed by atoms with Crippen LogP contribution in [0.5, 0.6) is 11.5 Å². The van der Waals surface area contributed by atoms with E-state index < -0.39 is 18.2 Å². The standard InChI is InChI=1S/C28H35ClF3N3O6/c1-5-34(15-16-41-27(38)33-22-11-7-8-12-24(22)40-6-2)13-9-10-14-35(26(37)28(30,31)32)23-18-25(39-4)20(19(3)36)17-21(23)29/h7-8,11-12,17-18H,5-6,9-10,13-16H2,1-4H3,(H,33,38). The van der Waals surface area contributed by atoms with Gasteiger partial charge in [0.05, 0.1) is 35.7 Å². The van der Waals surface area contributed by atoms with Gasteiger partial charge in [-0.05, 0) is 58.0 Å². The van der Waals surface area contributed by atoms with E-state index in [0.717, 1.165) is 6.07 Å². The average molecular weight is 602 g/mol. The Morgan fingerprint density at radius 2 is 1.68 bits per heavy atom. The lowest BCUT2D eigenvalue weighted by Crippen LogP contribution is -2.42. The summed E-state index contributed by atoms with van der Waals surface area (Å²) in [4.78, 5) is 38.9. The molecule has 0 aromatic heterocycles. The fraction of sp³-hybridized carbons (Fsp3) is 0.464. The van der Waals surface area contributed by atoms with Gasteiger partial charge in [-0.2, -0.15) is 13.2 Å². The second-order valence-corrected chi connectivity index (χ2v) is 9.25. The highest BCUT2D eigenvalue weighted by atomic mass is 35.5. The number of amides is 2. The number of unbranched alkanes of at least 4 members (excludes halogenated alkanes) is 1. The molecule has 13 heteroatoms. The molecule has 41 heavy (non-hydrogen) atoms. The van der Waals surface area contributed by atoms with E-state index in [9.17, 15) is 27.6 Å². The molecular formula is C28H35ClF3N3O6. The number of carbonyl (C=O) groups excluding carboxylic acids is 3. The summed E-state index contributed by atoms with van der Waals surface area (Å²) in [6.07, 6.45) is -5.10. The number of nitrogens with one attached hydrogen (secondary N) is 1. The Balaban J connectivity index is 1.95. The van der Waals surface area contributed by atoms with E-state index in [0.29, 0.717) is 49.0 Å². The van der Waals surface area contributed by atoms with Gasteiger partial charge in [0.1, 0.15) is 18.1 Å². The Hall–Kier alpha value is -3.51. The number of hydrogen-bond acceptors (Lipinski definition) is 7. The molecule has 2 aromatic rings. The topological polar surface area (TPSA) is 97.4 Å². The molecule has 0 radical (unpaired) electrons. The van der Waals surface area contributed by atoms with Crippen LogP contribution in [0.4, 0.5) is 29.3 Å². The number of likely N-dealkylation sites (N-methyl/N-ethyl adjacent to an activating group) is 1. The Morgan fingerprint density at radius 1 is 1.00 bits per heavy atom. The SMILES string of the molecule is CCOc1ccccc1NC(=O)OCCN(CC)CCCCN(C(=O)C(F)(F)F)c1cc(OC)c(C(C)=O)cc1Cl. The lowest BCUT2D eigenvalue weighted by atomic mass is 10.1. The summed E-state index contributed by atoms with van der Waals surface area (Å²) < 4.78 is 56.1. The second-order valence-electron chi connectivity index (χ2n) is 8.85. The molecule has 0 fully saturated rings. The molecule has 2 aromatic carbocycles. The number of benzene rings is 2. The molecular weight excluding hydrogens is 567 g/mol. The van der Waals surface area contributed by atoms with Crippen LogP contribution < -0.4 is 19.7 Å². The van der Waals surface area contributed by atoms with Gasteiger partial charge in [0, 0.05) is 19.2 Å². The normalized spacial score (nSPS) is 11.2. The zero-order valence-electron chi connectivity index (χ0n) is 23.5. The maximum atomic E-state index is 13.4. The van der Waals surface area contributed by atoms with E-state index in [2.05, 4.69) is 5.32 Å². The van der Waals surface area contributed by atoms with Crippen molar-refractivity contribution in [3.8, 4) is 11.5 Å². The lowest BCUT2D eigenvalue weighted by molar-refractivity contribution is -0.170. The van der Waals surface area contributed by atoms with Gasteiger partial charge < -0.3 is 24.0 Å². The Morgan fingerprint density at radius 3 is 2.29 bits per heavy atom. The summed E-state index contributed by atoms with van der Waals surface area (Å²) in [5.41, 5.74) is 0.375. The van der Waals surface area contributed by atoms with Crippen LogP contribution in [-0.4, -0.2) is 75.4 Å². The third-order valence-electron chi connectivity index (χ3n) is 6.04. The first kappa shape index (κ1) is 33.7. The predicted molar refractivity (Wildman–Crippen MR) is 150 cm³/mol. The number of hydrogen-bond donors (Lipinski definition) is 1. The van der Waals surface area contributed by atoms with Crippen LogP contribution in [0.1, 0.15) is 44.0 Å². The first-order valence-corrected chi connectivity index (χ1v) is 13.5. The van der Waals surface area contributed by atoms with Gasteiger partial charge in [-0.15, -0.1) is 0 Å². The number of ether oxygens (including phenoxy) is 3. The van der Waals surface area contributed by atoms with Crippen molar-refractivity contribution in [1.82, 2.24) is 4.90 Å². The Bertz CT molecular complexity index is 1200. The van der Waals surface area contributed by atoms with Crippen molar-refractivity contribution in [2.75, 3.05) is 56.7 Å². The van der Waals surface area contributed by atoms with Crippen molar-refractivity contribution < 1.29 is 41.8 Å². The summed E-state index contributed by atoms with van der Waals surface area (Å²) in [7, 11) is 1.27. The zero-order valence-corrected chi connectivity index (χ0v) is 24.2. The molecule has 2 amide bonds. The molecule has 0 aliphatic carbocycles. The number of Topliss-reactive ketones (excluding diaryl/α,β-unsaturated/α-hetero) is 1. The minimum absolute atomic E-state index is 0.0134. The zero-order chi connectivity index (χ0) is 30.6. The average Bonchev–Trinajstić information content (AvgIpc) is 2.92. The lowest BCUT2D eigenvalue weighted by Gasteiger charge is -2.26. The number of anilines is 2. The smallest absolute Gasteiger partial charge is 0.471 e. The van der Waals surface area contributed by atoms with Crippen LogP contribution in [0, 0.1) is 0 Å². The quantitative estimate of drug-likeness (QED) is 0.192. The first-order valence-electron chi connectivity index (χ1n) is 13.1. The number of rotatable bonds is 15. The maximum Gasteiger partial charge on any atom is 0.471 e. The van der Waals surface area contributed by atoms with Gasteiger partial charge in [-0.3, -0.25) is 14.9 Å². The van der Waals surface area contributed by atoms with Crippen molar-refractivity contribution in [3.05, 3.63) is 47.0 Å². The minimum Gasteiger partial charge on any atom is -0.496 e. The van der Waals surface area contributed by atoms with Crippen LogP contribution in [-0.2, 0) is 9.53 Å². The number of ketones is 1. The van der Waals surface area contributed by atoms with E-state index in [-0.39, 0.29) is 47.4 Å². The number of halogens is 4. The third kappa shape index (κ3) is 10.1. The predicted octanol–water partition coefficient (Wildman–Crippen LogP) is 6.20. The molecule has 226 valence electrons. The molecule has 0 bridgehead atoms. The fourth-order valence-electron chi connectivity index (χ4n) is 3.98. The Labute approximate surface area is 242 Å². The highest BCUT2D eigenvalue weighted by Gasteiger charge is 2.43. The van der Waals surface area contributed by atoms with Crippen molar-refractivity contribution in [2.45, 2.75) is 39.8 Å². The van der Waals surface area contributed by atoms with E-state index in [1.54, 1.807) is 24.3 Å². The second kappa shape index (κ2) is 16.1. The summed E-state index contributed by atoms with van der Waals surface area (Å²) in [6, 6.07) is 9.32. The number of nitrogens with zero attached hydrogens (tertiary/aromatic N) is 2. The molecule has 0 spiro atoms. The molecule has 2 rings (SSSR count). The summed E-state index contributed by atoms with van der Waals surface area (Å²) in [6.45, 7) is 6.77. The van der Waals surface area contributed by atoms with Crippen molar-refractivity contribution in [2.24, 2.45) is 0 Å². The van der Waals surface area contributed by atoms with E-state index in [1.165, 1.54) is 20.1 Å². The van der Waals surface area contributed by atoms with Gasteiger partial charge in [0.15, 0.2) is 5.78 Å². The van der Waals surface area contributed by atoms with E-state index in [1.807, 2.05) is 18.7 Å². The van der Waals surface area contributed by atoms with Crippen LogP contribution in [0.15, 0.2) is 36.4 Å². The molecule has 0 saturated carbocycles. The highest BCUT2D eigenvalue weighted by molar-refractivity contribution is 6.34. The molecule has 1 N–H and O–H groups in total. The van der Waals surface area contributed by atoms with Crippen molar-refractivity contribution >= 4 is 40.8 Å². The fourth-order valence-corrected chi connectivity index (χ4v) is 4.24. The van der Waals surface area contributed by atoms with Gasteiger partial charge in [0.2, 0.25) is 0 Å². The van der Waals surface area contributed by atoms with E-state index in [4.69, 9.17) is 25.8 Å². The maximum absolute atomic E-state index is 13.4. The third-order valence-corrected chi connectivity index (χ3v) is 6.35. The summed E-state index contributed by atoms with van der Waals surface area (Å²) in [5, 5.41) is 2.46. The van der Waals surface area contributed by atoms with Gasteiger partial charge >= 0.3 is 18.2 Å². The minimum atomic E-state index is -5.13. The van der Waals surface area contributed by atoms with Crippen molar-refractivity contribution in [3.63, 3.8) is 0 Å². The number of para-hydroxylation sites is 2. The van der Waals surface area contributed by atoms with Gasteiger partial charge in [-0.1, -0.05) is 30.7 Å². The molecule has 0 heterocycles. The molecule has 0 saturated heterocycles. The van der Waals surface area contributed by atoms with Crippen LogP contribution in [0.2, 0.25) is 5.02 Å². The molecule has 0 unspecified atom stereocenters.